The summed E-state index contributed by atoms with van der Waals surface area (Å²) >= 11 is 0. The van der Waals surface area contributed by atoms with Gasteiger partial charge in [-0.1, -0.05) is 0 Å². The number of rotatable bonds is 3. The molecule has 0 radical (unpaired) electrons. The fourth-order valence-corrected chi connectivity index (χ4v) is 4.87. The van der Waals surface area contributed by atoms with Crippen LogP contribution in [0.5, 0.6) is 0 Å². The molecule has 1 amide bonds. The van der Waals surface area contributed by atoms with Gasteiger partial charge in [0.2, 0.25) is 0 Å². The van der Waals surface area contributed by atoms with Gasteiger partial charge in [0.1, 0.15) is 5.69 Å². The minimum absolute atomic E-state index is 0.0950. The number of carbonyl (C=O) groups excluding carboxylic acids is 1. The number of carbonyl (C=O) groups is 1. The number of hydrogen-bond acceptors (Lipinski definition) is 5. The molecule has 7 nitrogen and oxygen atoms in total. The van der Waals surface area contributed by atoms with E-state index in [1.54, 1.807) is 16.9 Å². The second kappa shape index (κ2) is 6.70. The number of ether oxygens (including phenoxy) is 2. The smallest absolute Gasteiger partial charge is 0.272 e. The van der Waals surface area contributed by atoms with Crippen LogP contribution in [0.4, 0.5) is 0 Å². The van der Waals surface area contributed by atoms with Crippen molar-refractivity contribution in [1.29, 1.82) is 0 Å². The summed E-state index contributed by atoms with van der Waals surface area (Å²) < 4.78 is 13.0. The molecule has 3 aliphatic rings. The Morgan fingerprint density at radius 3 is 2.64 bits per heavy atom. The Hall–Kier alpha value is -1.44. The van der Waals surface area contributed by atoms with Crippen LogP contribution in [0.2, 0.25) is 0 Å². The largest absolute Gasteiger partial charge is 0.381 e. The van der Waals surface area contributed by atoms with E-state index >= 15 is 0 Å². The van der Waals surface area contributed by atoms with Gasteiger partial charge in [-0.2, -0.15) is 5.10 Å². The monoisotopic (exact) mass is 348 g/mol. The number of hydrogen-bond donors (Lipinski definition) is 0. The van der Waals surface area contributed by atoms with Gasteiger partial charge in [0, 0.05) is 59.2 Å². The quantitative estimate of drug-likeness (QED) is 0.812. The van der Waals surface area contributed by atoms with E-state index < -0.39 is 0 Å². The first kappa shape index (κ1) is 17.0. The predicted octanol–water partition coefficient (Wildman–Crippen LogP) is 0.904. The summed E-state index contributed by atoms with van der Waals surface area (Å²) in [5.41, 5.74) is 0.828. The van der Waals surface area contributed by atoms with Gasteiger partial charge in [-0.3, -0.25) is 14.4 Å². The Bertz CT molecular complexity index is 618. The molecular weight excluding hydrogens is 320 g/mol. The van der Waals surface area contributed by atoms with Gasteiger partial charge in [0.15, 0.2) is 0 Å². The molecule has 138 valence electrons. The summed E-state index contributed by atoms with van der Waals surface area (Å²) in [6, 6.07) is 2.34. The van der Waals surface area contributed by atoms with Crippen molar-refractivity contribution in [3.63, 3.8) is 0 Å². The molecule has 3 aliphatic heterocycles. The molecule has 1 spiro atoms. The number of aryl methyl sites for hydroxylation is 1. The predicted molar refractivity (Wildman–Crippen MR) is 92.4 cm³/mol. The van der Waals surface area contributed by atoms with Crippen molar-refractivity contribution >= 4 is 5.91 Å². The zero-order valence-electron chi connectivity index (χ0n) is 15.2. The number of piperidine rings is 1. The van der Waals surface area contributed by atoms with E-state index in [1.165, 1.54) is 0 Å². The highest BCUT2D eigenvalue weighted by Gasteiger charge is 2.56. The van der Waals surface area contributed by atoms with Gasteiger partial charge in [-0.15, -0.1) is 0 Å². The van der Waals surface area contributed by atoms with Crippen molar-refractivity contribution in [3.8, 4) is 0 Å². The Kier molecular flexibility index (Phi) is 4.56. The van der Waals surface area contributed by atoms with Gasteiger partial charge in [0.25, 0.3) is 5.91 Å². The molecular formula is C18H28N4O3. The van der Waals surface area contributed by atoms with E-state index in [9.17, 15) is 4.79 Å². The summed E-state index contributed by atoms with van der Waals surface area (Å²) in [7, 11) is 3.65. The first-order valence-corrected chi connectivity index (χ1v) is 9.30. The molecule has 0 aliphatic carbocycles. The van der Waals surface area contributed by atoms with E-state index in [2.05, 4.69) is 10.00 Å². The lowest BCUT2D eigenvalue weighted by Crippen LogP contribution is -2.75. The standard InChI is InChI=1S/C18H28N4O3/c1-20-15(3-8-19-20)17(23)21-9-4-14(5-10-21)22-13-16(24-2)18(22)6-11-25-12-7-18/h3,8,14,16H,4-7,9-13H2,1-2H3. The highest BCUT2D eigenvalue weighted by Crippen LogP contribution is 2.44. The van der Waals surface area contributed by atoms with Gasteiger partial charge in [-0.05, 0) is 31.7 Å². The molecule has 1 atom stereocenters. The minimum atomic E-state index is 0.0950. The van der Waals surface area contributed by atoms with Crippen LogP contribution in [0.3, 0.4) is 0 Å². The second-order valence-corrected chi connectivity index (χ2v) is 7.46. The topological polar surface area (TPSA) is 59.8 Å². The lowest BCUT2D eigenvalue weighted by molar-refractivity contribution is -0.207. The fraction of sp³-hybridized carbons (Fsp3) is 0.778. The zero-order chi connectivity index (χ0) is 17.4. The molecule has 7 heteroatoms. The van der Waals surface area contributed by atoms with Crippen molar-refractivity contribution in [2.45, 2.75) is 43.4 Å². The summed E-state index contributed by atoms with van der Waals surface area (Å²) in [5.74, 6) is 0.0950. The third-order valence-corrected chi connectivity index (χ3v) is 6.41. The van der Waals surface area contributed by atoms with E-state index in [4.69, 9.17) is 9.47 Å². The molecule has 0 N–H and O–H groups in total. The van der Waals surface area contributed by atoms with E-state index in [0.717, 1.165) is 58.5 Å². The lowest BCUT2D eigenvalue weighted by atomic mass is 9.73. The second-order valence-electron chi connectivity index (χ2n) is 7.46. The highest BCUT2D eigenvalue weighted by atomic mass is 16.5. The van der Waals surface area contributed by atoms with E-state index in [0.29, 0.717) is 17.8 Å². The average Bonchev–Trinajstić information content (AvgIpc) is 3.08. The highest BCUT2D eigenvalue weighted by molar-refractivity contribution is 5.92. The van der Waals surface area contributed by atoms with Crippen LogP contribution in [0.25, 0.3) is 0 Å². The van der Waals surface area contributed by atoms with Crippen molar-refractivity contribution in [2.75, 3.05) is 40.0 Å². The molecule has 25 heavy (non-hydrogen) atoms. The zero-order valence-corrected chi connectivity index (χ0v) is 15.2. The van der Waals surface area contributed by atoms with Crippen molar-refractivity contribution < 1.29 is 14.3 Å². The van der Waals surface area contributed by atoms with E-state index in [1.807, 2.05) is 19.1 Å². The Morgan fingerprint density at radius 2 is 2.04 bits per heavy atom. The normalized spacial score (nSPS) is 27.4. The third kappa shape index (κ3) is 2.78. The van der Waals surface area contributed by atoms with Gasteiger partial charge in [-0.25, -0.2) is 0 Å². The molecule has 1 aromatic heterocycles. The summed E-state index contributed by atoms with van der Waals surface area (Å²) in [5, 5.41) is 4.11. The van der Waals surface area contributed by atoms with Crippen LogP contribution in [-0.2, 0) is 16.5 Å². The SMILES string of the molecule is COC1CN(C2CCN(C(=O)c3ccnn3C)CC2)C12CCOCC2. The summed E-state index contributed by atoms with van der Waals surface area (Å²) in [6.45, 7) is 4.30. The number of nitrogens with zero attached hydrogens (tertiary/aromatic N) is 4. The Morgan fingerprint density at radius 1 is 1.32 bits per heavy atom. The van der Waals surface area contributed by atoms with Crippen LogP contribution in [0.15, 0.2) is 12.3 Å². The minimum Gasteiger partial charge on any atom is -0.381 e. The maximum atomic E-state index is 12.7. The maximum absolute atomic E-state index is 12.7. The number of amides is 1. The Labute approximate surface area is 148 Å². The van der Waals surface area contributed by atoms with Crippen LogP contribution >= 0.6 is 0 Å². The van der Waals surface area contributed by atoms with Crippen LogP contribution < -0.4 is 0 Å². The molecule has 3 saturated heterocycles. The molecule has 4 rings (SSSR count). The van der Waals surface area contributed by atoms with E-state index in [-0.39, 0.29) is 11.4 Å². The van der Waals surface area contributed by atoms with Crippen LogP contribution in [0.1, 0.15) is 36.2 Å². The summed E-state index contributed by atoms with van der Waals surface area (Å²) in [6.07, 6.45) is 6.18. The molecule has 4 heterocycles. The average molecular weight is 348 g/mol. The molecule has 1 unspecified atom stereocenters. The van der Waals surface area contributed by atoms with Crippen molar-refractivity contribution in [3.05, 3.63) is 18.0 Å². The molecule has 0 bridgehead atoms. The molecule has 0 aromatic carbocycles. The van der Waals surface area contributed by atoms with Gasteiger partial charge in [0.05, 0.1) is 11.6 Å². The lowest BCUT2D eigenvalue weighted by Gasteiger charge is -2.63. The maximum Gasteiger partial charge on any atom is 0.272 e. The van der Waals surface area contributed by atoms with Gasteiger partial charge < -0.3 is 14.4 Å². The number of likely N-dealkylation sites (tertiary alicyclic amines) is 2. The molecule has 3 fully saturated rings. The fourth-order valence-electron chi connectivity index (χ4n) is 4.87. The van der Waals surface area contributed by atoms with Crippen LogP contribution in [-0.4, -0.2) is 83.1 Å². The molecule has 1 aromatic rings. The molecule has 0 saturated carbocycles. The van der Waals surface area contributed by atoms with Crippen molar-refractivity contribution in [1.82, 2.24) is 19.6 Å². The van der Waals surface area contributed by atoms with Gasteiger partial charge >= 0.3 is 0 Å². The van der Waals surface area contributed by atoms with Crippen LogP contribution in [0, 0.1) is 0 Å². The number of aromatic nitrogens is 2. The van der Waals surface area contributed by atoms with Crippen molar-refractivity contribution in [2.24, 2.45) is 7.05 Å². The third-order valence-electron chi connectivity index (χ3n) is 6.41. The Balaban J connectivity index is 1.39. The first-order chi connectivity index (χ1) is 12.2. The number of methoxy groups -OCH3 is 1. The first-order valence-electron chi connectivity index (χ1n) is 9.30. The summed E-state index contributed by atoms with van der Waals surface area (Å²) in [4.78, 5) is 17.3.